The number of benzene rings is 1. The van der Waals surface area contributed by atoms with Gasteiger partial charge >= 0.3 is 5.97 Å². The Hall–Kier alpha value is -2.70. The lowest BCUT2D eigenvalue weighted by Crippen LogP contribution is -2.14. The molecular weight excluding hydrogens is 267 g/mol. The van der Waals surface area contributed by atoms with Crippen LogP contribution in [0.1, 0.15) is 16.1 Å². The molecule has 0 saturated heterocycles. The van der Waals surface area contributed by atoms with E-state index in [-0.39, 0.29) is 11.6 Å². The minimum Gasteiger partial charge on any atom is -0.475 e. The van der Waals surface area contributed by atoms with E-state index in [1.165, 1.54) is 6.07 Å². The summed E-state index contributed by atoms with van der Waals surface area (Å²) in [6.45, 7) is 1.82. The van der Waals surface area contributed by atoms with Crippen LogP contribution in [0.4, 0.5) is 4.39 Å². The Morgan fingerprint density at radius 3 is 2.60 bits per heavy atom. The van der Waals surface area contributed by atoms with Gasteiger partial charge in [-0.2, -0.15) is 0 Å². The summed E-state index contributed by atoms with van der Waals surface area (Å²) in [6, 6.07) is 4.96. The number of hydrogen-bond donors (Lipinski definition) is 1. The van der Waals surface area contributed by atoms with Gasteiger partial charge in [0.15, 0.2) is 0 Å². The number of ketones is 1. The van der Waals surface area contributed by atoms with Crippen LogP contribution in [0.5, 0.6) is 11.6 Å². The molecule has 0 amide bonds. The number of carboxylic acids is 1. The Balaban J connectivity index is 2.32. The third kappa shape index (κ3) is 2.66. The molecule has 20 heavy (non-hydrogen) atoms. The molecule has 1 aromatic carbocycles. The van der Waals surface area contributed by atoms with Crippen LogP contribution in [0.3, 0.4) is 0 Å². The Labute approximate surface area is 113 Å². The van der Waals surface area contributed by atoms with Gasteiger partial charge in [-0.15, -0.1) is 5.10 Å². The lowest BCUT2D eigenvalue weighted by molar-refractivity contribution is -0.131. The second-order valence-electron chi connectivity index (χ2n) is 4.13. The molecule has 0 radical (unpaired) electrons. The first-order valence-corrected chi connectivity index (χ1v) is 5.64. The first-order chi connectivity index (χ1) is 9.38. The van der Waals surface area contributed by atoms with Crippen LogP contribution >= 0.6 is 0 Å². The topological polar surface area (TPSA) is 81.4 Å². The number of halogens is 1. The Bertz CT molecular complexity index is 674. The average Bonchev–Trinajstić information content (AvgIpc) is 2.69. The summed E-state index contributed by atoms with van der Waals surface area (Å²) in [5.41, 5.74) is 0.298. The van der Waals surface area contributed by atoms with Crippen molar-refractivity contribution in [2.24, 2.45) is 7.05 Å². The number of aliphatic carboxylic acids is 1. The predicted molar refractivity (Wildman–Crippen MR) is 66.4 cm³/mol. The molecule has 2 rings (SSSR count). The molecule has 0 unspecified atom stereocenters. The van der Waals surface area contributed by atoms with Crippen molar-refractivity contribution in [1.29, 1.82) is 0 Å². The highest BCUT2D eigenvalue weighted by atomic mass is 19.1. The highest BCUT2D eigenvalue weighted by Gasteiger charge is 2.20. The Morgan fingerprint density at radius 2 is 2.05 bits per heavy atom. The van der Waals surface area contributed by atoms with Crippen molar-refractivity contribution < 1.29 is 23.8 Å². The van der Waals surface area contributed by atoms with E-state index in [0.717, 1.165) is 17.8 Å². The number of carbonyl (C=O) groups excluding carboxylic acids is 1. The van der Waals surface area contributed by atoms with Crippen LogP contribution in [-0.4, -0.2) is 26.6 Å². The third-order valence-electron chi connectivity index (χ3n) is 2.69. The molecule has 0 aliphatic carbocycles. The fraction of sp³-hybridized carbons (Fsp3) is 0.154. The molecule has 1 heterocycles. The molecule has 0 saturated carbocycles. The quantitative estimate of drug-likeness (QED) is 0.682. The Kier molecular flexibility index (Phi) is 3.51. The van der Waals surface area contributed by atoms with Crippen molar-refractivity contribution in [2.75, 3.05) is 0 Å². The molecular formula is C13H11FN2O4. The maximum absolute atomic E-state index is 13.4. The van der Waals surface area contributed by atoms with E-state index < -0.39 is 23.1 Å². The van der Waals surface area contributed by atoms with E-state index in [1.54, 1.807) is 17.8 Å². The molecule has 0 fully saturated rings. The summed E-state index contributed by atoms with van der Waals surface area (Å²) < 4.78 is 20.4. The van der Waals surface area contributed by atoms with Gasteiger partial charge in [-0.1, -0.05) is 0 Å². The second kappa shape index (κ2) is 5.12. The van der Waals surface area contributed by atoms with Crippen LogP contribution < -0.4 is 4.74 Å². The molecule has 0 bridgehead atoms. The summed E-state index contributed by atoms with van der Waals surface area (Å²) in [4.78, 5) is 21.9. The van der Waals surface area contributed by atoms with Gasteiger partial charge in [0.2, 0.25) is 5.88 Å². The molecule has 6 nitrogen and oxygen atoms in total. The van der Waals surface area contributed by atoms with Gasteiger partial charge in [-0.3, -0.25) is 9.48 Å². The summed E-state index contributed by atoms with van der Waals surface area (Å²) in [7, 11) is 1.73. The minimum atomic E-state index is -1.73. The molecule has 2 aromatic rings. The van der Waals surface area contributed by atoms with Crippen LogP contribution in [0.2, 0.25) is 0 Å². The number of carbonyl (C=O) groups is 2. The Morgan fingerprint density at radius 1 is 1.35 bits per heavy atom. The zero-order chi connectivity index (χ0) is 14.9. The lowest BCUT2D eigenvalue weighted by Gasteiger charge is -2.04. The fourth-order valence-corrected chi connectivity index (χ4v) is 1.56. The van der Waals surface area contributed by atoms with E-state index in [0.29, 0.717) is 0 Å². The molecule has 0 aliphatic rings. The van der Waals surface area contributed by atoms with E-state index in [1.807, 2.05) is 6.92 Å². The van der Waals surface area contributed by atoms with Gasteiger partial charge in [-0.05, 0) is 25.1 Å². The zero-order valence-corrected chi connectivity index (χ0v) is 10.8. The molecule has 0 aliphatic heterocycles. The van der Waals surface area contributed by atoms with E-state index >= 15 is 0 Å². The summed E-state index contributed by atoms with van der Waals surface area (Å²) in [5.74, 6) is -3.57. The fourth-order valence-electron chi connectivity index (χ4n) is 1.56. The summed E-state index contributed by atoms with van der Waals surface area (Å²) in [6.07, 6.45) is 0. The van der Waals surface area contributed by atoms with Gasteiger partial charge in [0.1, 0.15) is 11.6 Å². The van der Waals surface area contributed by atoms with Gasteiger partial charge in [0.05, 0.1) is 5.56 Å². The van der Waals surface area contributed by atoms with E-state index in [4.69, 9.17) is 9.84 Å². The maximum Gasteiger partial charge on any atom is 0.377 e. The number of rotatable bonds is 4. The number of aryl methyl sites for hydroxylation is 2. The molecule has 1 aromatic heterocycles. The highest BCUT2D eigenvalue weighted by molar-refractivity contribution is 6.39. The first kappa shape index (κ1) is 13.7. The van der Waals surface area contributed by atoms with Crippen LogP contribution in [-0.2, 0) is 11.8 Å². The molecule has 104 valence electrons. The van der Waals surface area contributed by atoms with Gasteiger partial charge in [0, 0.05) is 18.8 Å². The van der Waals surface area contributed by atoms with Crippen LogP contribution in [0, 0.1) is 12.7 Å². The zero-order valence-electron chi connectivity index (χ0n) is 10.8. The molecule has 0 spiro atoms. The second-order valence-corrected chi connectivity index (χ2v) is 4.13. The highest BCUT2D eigenvalue weighted by Crippen LogP contribution is 2.23. The summed E-state index contributed by atoms with van der Waals surface area (Å²) >= 11 is 0. The maximum atomic E-state index is 13.4. The molecule has 1 N–H and O–H groups in total. The van der Waals surface area contributed by atoms with Crippen molar-refractivity contribution in [3.05, 3.63) is 41.3 Å². The van der Waals surface area contributed by atoms with Crippen molar-refractivity contribution in [1.82, 2.24) is 9.78 Å². The number of Topliss-reactive ketones (excluding diaryl/α,β-unsaturated/α-hetero) is 1. The standard InChI is InChI=1S/C13H11FN2O4/c1-7-5-11(15-16(7)2)20-8-3-4-10(14)9(6-8)12(17)13(18)19/h3-6H,1-2H3,(H,18,19). The number of carboxylic acid groups (broad SMARTS) is 1. The monoisotopic (exact) mass is 278 g/mol. The van der Waals surface area contributed by atoms with Crippen molar-refractivity contribution in [2.45, 2.75) is 6.92 Å². The average molecular weight is 278 g/mol. The van der Waals surface area contributed by atoms with E-state index in [9.17, 15) is 14.0 Å². The predicted octanol–water partition coefficient (Wildman–Crippen LogP) is 1.93. The minimum absolute atomic E-state index is 0.133. The number of ether oxygens (including phenoxy) is 1. The van der Waals surface area contributed by atoms with Gasteiger partial charge in [-0.25, -0.2) is 9.18 Å². The van der Waals surface area contributed by atoms with Crippen LogP contribution in [0.15, 0.2) is 24.3 Å². The SMILES string of the molecule is Cc1cc(Oc2ccc(F)c(C(=O)C(=O)O)c2)nn1C. The van der Waals surface area contributed by atoms with Crippen LogP contribution in [0.25, 0.3) is 0 Å². The smallest absolute Gasteiger partial charge is 0.377 e. The number of nitrogens with zero attached hydrogens (tertiary/aromatic N) is 2. The van der Waals surface area contributed by atoms with Gasteiger partial charge in [0.25, 0.3) is 5.78 Å². The van der Waals surface area contributed by atoms with Crippen molar-refractivity contribution in [3.8, 4) is 11.6 Å². The molecule has 7 heteroatoms. The molecule has 0 atom stereocenters. The summed E-state index contributed by atoms with van der Waals surface area (Å²) in [5, 5.41) is 12.6. The van der Waals surface area contributed by atoms with Crippen molar-refractivity contribution >= 4 is 11.8 Å². The van der Waals surface area contributed by atoms with E-state index in [2.05, 4.69) is 5.10 Å². The third-order valence-corrected chi connectivity index (χ3v) is 2.69. The largest absolute Gasteiger partial charge is 0.475 e. The number of hydrogen-bond acceptors (Lipinski definition) is 4. The lowest BCUT2D eigenvalue weighted by atomic mass is 10.1. The first-order valence-electron chi connectivity index (χ1n) is 5.64. The van der Waals surface area contributed by atoms with Crippen molar-refractivity contribution in [3.63, 3.8) is 0 Å². The van der Waals surface area contributed by atoms with Gasteiger partial charge < -0.3 is 9.84 Å². The number of aromatic nitrogens is 2. The normalized spacial score (nSPS) is 10.3.